The molecule has 0 aliphatic carbocycles. The average Bonchev–Trinajstić information content (AvgIpc) is 2.53. The summed E-state index contributed by atoms with van der Waals surface area (Å²) in [5.74, 6) is 1.03. The fourth-order valence-corrected chi connectivity index (χ4v) is 4.09. The van der Waals surface area contributed by atoms with Gasteiger partial charge in [0.05, 0.1) is 13.2 Å². The first kappa shape index (κ1) is 18.8. The molecule has 0 fully saturated rings. The third-order valence-electron chi connectivity index (χ3n) is 3.35. The van der Waals surface area contributed by atoms with Crippen molar-refractivity contribution in [2.45, 2.75) is 24.8 Å². The van der Waals surface area contributed by atoms with Crippen LogP contribution in [0.1, 0.15) is 12.5 Å². The van der Waals surface area contributed by atoms with Crippen molar-refractivity contribution in [3.8, 4) is 11.5 Å². The normalized spacial score (nSPS) is 12.7. The quantitative estimate of drug-likeness (QED) is 0.753. The van der Waals surface area contributed by atoms with Crippen LogP contribution < -0.4 is 14.2 Å². The summed E-state index contributed by atoms with van der Waals surface area (Å²) in [6.45, 7) is 3.91. The molecule has 130 valence electrons. The van der Waals surface area contributed by atoms with Crippen LogP contribution in [-0.2, 0) is 10.0 Å². The van der Waals surface area contributed by atoms with E-state index in [1.807, 2.05) is 31.2 Å². The van der Waals surface area contributed by atoms with Gasteiger partial charge in [-0.3, -0.25) is 0 Å². The number of hydrogen-bond donors (Lipinski definition) is 1. The number of benzene rings is 2. The molecule has 0 heterocycles. The van der Waals surface area contributed by atoms with E-state index in [-0.39, 0.29) is 17.3 Å². The predicted octanol–water partition coefficient (Wildman–Crippen LogP) is 3.51. The van der Waals surface area contributed by atoms with Gasteiger partial charge in [0.15, 0.2) is 0 Å². The lowest BCUT2D eigenvalue weighted by molar-refractivity contribution is 0.285. The highest BCUT2D eigenvalue weighted by atomic mass is 79.9. The molecule has 0 radical (unpaired) electrons. The maximum Gasteiger partial charge on any atom is 0.244 e. The number of para-hydroxylation sites is 1. The molecule has 5 nitrogen and oxygen atoms in total. The van der Waals surface area contributed by atoms with E-state index in [0.29, 0.717) is 4.47 Å². The zero-order chi connectivity index (χ0) is 17.7. The molecule has 1 N–H and O–H groups in total. The monoisotopic (exact) mass is 413 g/mol. The van der Waals surface area contributed by atoms with Crippen LogP contribution in [0.25, 0.3) is 0 Å². The van der Waals surface area contributed by atoms with Gasteiger partial charge < -0.3 is 9.47 Å². The molecule has 0 aliphatic heterocycles. The Kier molecular flexibility index (Phi) is 6.26. The van der Waals surface area contributed by atoms with Crippen LogP contribution in [0.5, 0.6) is 11.5 Å². The molecular formula is C17H20BrNO4S. The van der Waals surface area contributed by atoms with Gasteiger partial charge in [0.25, 0.3) is 0 Å². The van der Waals surface area contributed by atoms with Gasteiger partial charge in [0.2, 0.25) is 10.0 Å². The number of halogens is 1. The number of hydrogen-bond acceptors (Lipinski definition) is 4. The van der Waals surface area contributed by atoms with Gasteiger partial charge in [-0.05, 0) is 43.7 Å². The van der Waals surface area contributed by atoms with Crippen molar-refractivity contribution < 1.29 is 17.9 Å². The van der Waals surface area contributed by atoms with E-state index in [9.17, 15) is 8.42 Å². The van der Waals surface area contributed by atoms with Crippen LogP contribution in [0.2, 0.25) is 0 Å². The minimum absolute atomic E-state index is 0.0853. The summed E-state index contributed by atoms with van der Waals surface area (Å²) in [7, 11) is -2.29. The van der Waals surface area contributed by atoms with Crippen molar-refractivity contribution in [3.63, 3.8) is 0 Å². The molecule has 0 saturated heterocycles. The van der Waals surface area contributed by atoms with E-state index < -0.39 is 16.1 Å². The SMILES string of the molecule is COc1ccc(Br)cc1S(=O)(=O)N[C@@H](C)COc1ccccc1C. The molecule has 0 aliphatic rings. The Morgan fingerprint density at radius 2 is 1.88 bits per heavy atom. The van der Waals surface area contributed by atoms with E-state index in [2.05, 4.69) is 20.7 Å². The molecule has 0 aromatic heterocycles. The van der Waals surface area contributed by atoms with Gasteiger partial charge in [-0.2, -0.15) is 0 Å². The minimum Gasteiger partial charge on any atom is -0.495 e. The van der Waals surface area contributed by atoms with Gasteiger partial charge in [-0.1, -0.05) is 34.1 Å². The molecular weight excluding hydrogens is 394 g/mol. The zero-order valence-corrected chi connectivity index (χ0v) is 16.1. The van der Waals surface area contributed by atoms with E-state index in [0.717, 1.165) is 11.3 Å². The molecule has 0 spiro atoms. The van der Waals surface area contributed by atoms with Crippen molar-refractivity contribution in [1.82, 2.24) is 4.72 Å². The van der Waals surface area contributed by atoms with Crippen LogP contribution in [0, 0.1) is 6.92 Å². The van der Waals surface area contributed by atoms with Crippen LogP contribution in [-0.4, -0.2) is 28.2 Å². The van der Waals surface area contributed by atoms with E-state index >= 15 is 0 Å². The number of aryl methyl sites for hydroxylation is 1. The lowest BCUT2D eigenvalue weighted by atomic mass is 10.2. The van der Waals surface area contributed by atoms with Gasteiger partial charge in [-0.15, -0.1) is 0 Å². The fourth-order valence-electron chi connectivity index (χ4n) is 2.16. The lowest BCUT2D eigenvalue weighted by Crippen LogP contribution is -2.37. The molecule has 2 aromatic rings. The highest BCUT2D eigenvalue weighted by Crippen LogP contribution is 2.27. The fraction of sp³-hybridized carbons (Fsp3) is 0.294. The Hall–Kier alpha value is -1.57. The Bertz CT molecular complexity index is 808. The summed E-state index contributed by atoms with van der Waals surface area (Å²) in [6, 6.07) is 12.0. The standard InChI is InChI=1S/C17H20BrNO4S/c1-12-6-4-5-7-15(12)23-11-13(2)19-24(20,21)17-10-14(18)8-9-16(17)22-3/h4-10,13,19H,11H2,1-3H3/t13-/m0/s1. The van der Waals surface area contributed by atoms with E-state index in [1.165, 1.54) is 13.2 Å². The second kappa shape index (κ2) is 8.00. The summed E-state index contributed by atoms with van der Waals surface area (Å²) in [5, 5.41) is 0. The lowest BCUT2D eigenvalue weighted by Gasteiger charge is -2.17. The number of rotatable bonds is 7. The third-order valence-corrected chi connectivity index (χ3v) is 5.46. The number of nitrogens with one attached hydrogen (secondary N) is 1. The van der Waals surface area contributed by atoms with E-state index in [4.69, 9.17) is 9.47 Å². The molecule has 2 rings (SSSR count). The van der Waals surface area contributed by atoms with Crippen LogP contribution in [0.15, 0.2) is 51.8 Å². The highest BCUT2D eigenvalue weighted by Gasteiger charge is 2.22. The summed E-state index contributed by atoms with van der Waals surface area (Å²) in [6.07, 6.45) is 0. The van der Waals surface area contributed by atoms with Crippen molar-refractivity contribution in [2.75, 3.05) is 13.7 Å². The molecule has 0 amide bonds. The Morgan fingerprint density at radius 1 is 1.17 bits per heavy atom. The molecule has 0 bridgehead atoms. The third kappa shape index (κ3) is 4.72. The largest absolute Gasteiger partial charge is 0.495 e. The second-order valence-corrected chi connectivity index (χ2v) is 7.99. The Labute approximate surface area is 151 Å². The highest BCUT2D eigenvalue weighted by molar-refractivity contribution is 9.10. The molecule has 24 heavy (non-hydrogen) atoms. The van der Waals surface area contributed by atoms with Gasteiger partial charge in [0.1, 0.15) is 23.0 Å². The maximum absolute atomic E-state index is 12.6. The summed E-state index contributed by atoms with van der Waals surface area (Å²) >= 11 is 3.28. The second-order valence-electron chi connectivity index (χ2n) is 5.39. The van der Waals surface area contributed by atoms with Gasteiger partial charge >= 0.3 is 0 Å². The molecule has 1 atom stereocenters. The Balaban J connectivity index is 2.09. The van der Waals surface area contributed by atoms with Crippen LogP contribution >= 0.6 is 15.9 Å². The summed E-state index contributed by atoms with van der Waals surface area (Å²) in [4.78, 5) is 0.0853. The first-order chi connectivity index (χ1) is 11.3. The van der Waals surface area contributed by atoms with Crippen molar-refractivity contribution >= 4 is 26.0 Å². The van der Waals surface area contributed by atoms with Crippen molar-refractivity contribution in [2.24, 2.45) is 0 Å². The molecule has 2 aromatic carbocycles. The number of methoxy groups -OCH3 is 1. The van der Waals surface area contributed by atoms with Crippen molar-refractivity contribution in [3.05, 3.63) is 52.5 Å². The number of sulfonamides is 1. The topological polar surface area (TPSA) is 64.6 Å². The Morgan fingerprint density at radius 3 is 2.54 bits per heavy atom. The van der Waals surface area contributed by atoms with Crippen molar-refractivity contribution in [1.29, 1.82) is 0 Å². The first-order valence-electron chi connectivity index (χ1n) is 7.38. The first-order valence-corrected chi connectivity index (χ1v) is 9.65. The maximum atomic E-state index is 12.6. The van der Waals surface area contributed by atoms with Crippen LogP contribution in [0.3, 0.4) is 0 Å². The molecule has 7 heteroatoms. The molecule has 0 saturated carbocycles. The van der Waals surface area contributed by atoms with Gasteiger partial charge in [-0.25, -0.2) is 13.1 Å². The van der Waals surface area contributed by atoms with Gasteiger partial charge in [0, 0.05) is 4.47 Å². The minimum atomic E-state index is -3.72. The average molecular weight is 414 g/mol. The summed E-state index contributed by atoms with van der Waals surface area (Å²) in [5.41, 5.74) is 1.00. The predicted molar refractivity (Wildman–Crippen MR) is 97.2 cm³/mol. The molecule has 0 unspecified atom stereocenters. The smallest absolute Gasteiger partial charge is 0.244 e. The summed E-state index contributed by atoms with van der Waals surface area (Å²) < 4.78 is 39.3. The zero-order valence-electron chi connectivity index (χ0n) is 13.7. The number of ether oxygens (including phenoxy) is 2. The van der Waals surface area contributed by atoms with E-state index in [1.54, 1.807) is 19.1 Å². The van der Waals surface area contributed by atoms with Crippen LogP contribution in [0.4, 0.5) is 0 Å².